The van der Waals surface area contributed by atoms with Crippen LogP contribution in [-0.4, -0.2) is 11.6 Å². The van der Waals surface area contributed by atoms with E-state index in [0.29, 0.717) is 6.42 Å². The largest absolute Gasteiger partial charge is 0.460 e. The first-order valence-corrected chi connectivity index (χ1v) is 13.1. The molecular weight excluding hydrogens is 454 g/mol. The molecule has 0 fully saturated rings. The number of nitrogens with one attached hydrogen (secondary N) is 1. The van der Waals surface area contributed by atoms with E-state index in [4.69, 9.17) is 4.74 Å². The minimum Gasteiger partial charge on any atom is -0.460 e. The molecule has 0 saturated heterocycles. The van der Waals surface area contributed by atoms with Crippen molar-refractivity contribution in [1.82, 2.24) is 0 Å². The van der Waals surface area contributed by atoms with Crippen molar-refractivity contribution >= 4 is 11.7 Å². The van der Waals surface area contributed by atoms with Crippen LogP contribution in [-0.2, 0) is 15.1 Å². The number of anilines is 1. The average Bonchev–Trinajstić information content (AvgIpc) is 2.91. The number of carbonyl (C=O) groups is 1. The molecule has 1 N–H and O–H groups in total. The molecule has 0 aromatic heterocycles. The predicted octanol–water partition coefficient (Wildman–Crippen LogP) is 8.32. The quantitative estimate of drug-likeness (QED) is 0.189. The number of hydrogen-bond acceptors (Lipinski definition) is 3. The van der Waals surface area contributed by atoms with Gasteiger partial charge < -0.3 is 10.1 Å². The molecule has 0 aliphatic heterocycles. The molecule has 0 radical (unpaired) electrons. The van der Waals surface area contributed by atoms with E-state index in [1.807, 2.05) is 39.0 Å². The van der Waals surface area contributed by atoms with Crippen LogP contribution in [0.3, 0.4) is 0 Å². The number of benzene rings is 4. The van der Waals surface area contributed by atoms with Crippen LogP contribution >= 0.6 is 0 Å². The summed E-state index contributed by atoms with van der Waals surface area (Å²) >= 11 is 0. The molecule has 3 nitrogen and oxygen atoms in total. The molecule has 0 aliphatic rings. The Kier molecular flexibility index (Phi) is 8.13. The SMILES string of the molecule is CCC(CC(=O)OC(C)(C)C)c1cccc(NC(c2ccccc2)(c2ccccc2)c2ccccc2)c1. The van der Waals surface area contributed by atoms with Crippen LogP contribution in [0.15, 0.2) is 115 Å². The fourth-order valence-electron chi connectivity index (χ4n) is 4.95. The number of hydrogen-bond donors (Lipinski definition) is 1. The van der Waals surface area contributed by atoms with E-state index in [-0.39, 0.29) is 11.9 Å². The lowest BCUT2D eigenvalue weighted by atomic mass is 9.76. The monoisotopic (exact) mass is 491 g/mol. The first-order chi connectivity index (χ1) is 17.8. The summed E-state index contributed by atoms with van der Waals surface area (Å²) in [6, 6.07) is 40.2. The fourth-order valence-corrected chi connectivity index (χ4v) is 4.95. The molecule has 4 aromatic carbocycles. The number of carbonyl (C=O) groups excluding carboxylic acids is 1. The molecule has 1 atom stereocenters. The molecule has 0 amide bonds. The Morgan fingerprint density at radius 3 is 1.65 bits per heavy atom. The van der Waals surface area contributed by atoms with E-state index < -0.39 is 11.1 Å². The summed E-state index contributed by atoms with van der Waals surface area (Å²) in [4.78, 5) is 12.6. The zero-order valence-electron chi connectivity index (χ0n) is 22.3. The highest BCUT2D eigenvalue weighted by Crippen LogP contribution is 2.40. The second-order valence-corrected chi connectivity index (χ2v) is 10.5. The topological polar surface area (TPSA) is 38.3 Å². The van der Waals surface area contributed by atoms with Crippen molar-refractivity contribution < 1.29 is 9.53 Å². The van der Waals surface area contributed by atoms with Crippen LogP contribution < -0.4 is 5.32 Å². The van der Waals surface area contributed by atoms with Crippen molar-refractivity contribution in [3.05, 3.63) is 138 Å². The third kappa shape index (κ3) is 6.29. The summed E-state index contributed by atoms with van der Waals surface area (Å²) in [7, 11) is 0. The van der Waals surface area contributed by atoms with Crippen molar-refractivity contribution in [2.45, 2.75) is 57.6 Å². The first-order valence-electron chi connectivity index (χ1n) is 13.1. The lowest BCUT2D eigenvalue weighted by Gasteiger charge is -2.38. The Labute approximate surface area is 221 Å². The Hall–Kier alpha value is -3.85. The minimum absolute atomic E-state index is 0.0798. The summed E-state index contributed by atoms with van der Waals surface area (Å²) in [6.07, 6.45) is 1.21. The lowest BCUT2D eigenvalue weighted by molar-refractivity contribution is -0.155. The van der Waals surface area contributed by atoms with Gasteiger partial charge in [0.05, 0.1) is 6.42 Å². The highest BCUT2D eigenvalue weighted by atomic mass is 16.6. The van der Waals surface area contributed by atoms with E-state index in [2.05, 4.69) is 109 Å². The van der Waals surface area contributed by atoms with Crippen LogP contribution in [0.2, 0.25) is 0 Å². The molecule has 0 aliphatic carbocycles. The van der Waals surface area contributed by atoms with Crippen LogP contribution in [0, 0.1) is 0 Å². The van der Waals surface area contributed by atoms with Gasteiger partial charge in [-0.3, -0.25) is 4.79 Å². The Balaban J connectivity index is 1.78. The second-order valence-electron chi connectivity index (χ2n) is 10.5. The van der Waals surface area contributed by atoms with Crippen LogP contribution in [0.5, 0.6) is 0 Å². The van der Waals surface area contributed by atoms with Crippen LogP contribution in [0.4, 0.5) is 5.69 Å². The van der Waals surface area contributed by atoms with E-state index in [1.54, 1.807) is 0 Å². The Morgan fingerprint density at radius 2 is 1.22 bits per heavy atom. The molecule has 37 heavy (non-hydrogen) atoms. The van der Waals surface area contributed by atoms with E-state index in [1.165, 1.54) is 0 Å². The lowest BCUT2D eigenvalue weighted by Crippen LogP contribution is -2.38. The third-order valence-corrected chi connectivity index (χ3v) is 6.64. The molecule has 4 aromatic rings. The molecular formula is C34H37NO2. The van der Waals surface area contributed by atoms with Gasteiger partial charge >= 0.3 is 5.97 Å². The average molecular weight is 492 g/mol. The molecule has 0 saturated carbocycles. The standard InChI is InChI=1S/C34H37NO2/c1-5-26(25-32(36)37-33(2,3)4)27-16-15-23-31(24-27)35-34(28-17-9-6-10-18-28,29-19-11-7-12-20-29)30-21-13-8-14-22-30/h6-24,26,35H,5,25H2,1-4H3. The maximum absolute atomic E-state index is 12.6. The van der Waals surface area contributed by atoms with Crippen molar-refractivity contribution in [1.29, 1.82) is 0 Å². The van der Waals surface area contributed by atoms with Gasteiger partial charge in [-0.2, -0.15) is 0 Å². The van der Waals surface area contributed by atoms with Crippen LogP contribution in [0.1, 0.15) is 68.7 Å². The Bertz CT molecular complexity index is 1180. The zero-order chi connectivity index (χ0) is 26.3. The van der Waals surface area contributed by atoms with Gasteiger partial charge in [-0.15, -0.1) is 0 Å². The molecule has 0 spiro atoms. The van der Waals surface area contributed by atoms with E-state index >= 15 is 0 Å². The van der Waals surface area contributed by atoms with Gasteiger partial charge in [-0.25, -0.2) is 0 Å². The molecule has 1 unspecified atom stereocenters. The number of esters is 1. The second kappa shape index (κ2) is 11.5. The maximum atomic E-state index is 12.6. The smallest absolute Gasteiger partial charge is 0.306 e. The van der Waals surface area contributed by atoms with Gasteiger partial charge in [0.2, 0.25) is 0 Å². The van der Waals surface area contributed by atoms with Crippen LogP contribution in [0.25, 0.3) is 0 Å². The normalized spacial score (nSPS) is 12.5. The molecule has 3 heteroatoms. The summed E-state index contributed by atoms with van der Waals surface area (Å²) in [5.41, 5.74) is 4.49. The van der Waals surface area contributed by atoms with Gasteiger partial charge in [0.25, 0.3) is 0 Å². The van der Waals surface area contributed by atoms with Gasteiger partial charge in [0, 0.05) is 5.69 Å². The summed E-state index contributed by atoms with van der Waals surface area (Å²) in [5.74, 6) is -0.0823. The highest BCUT2D eigenvalue weighted by Gasteiger charge is 2.36. The third-order valence-electron chi connectivity index (χ3n) is 6.64. The number of rotatable bonds is 9. The van der Waals surface area contributed by atoms with Gasteiger partial charge in [-0.05, 0) is 67.5 Å². The molecule has 190 valence electrons. The van der Waals surface area contributed by atoms with E-state index in [0.717, 1.165) is 34.4 Å². The van der Waals surface area contributed by atoms with E-state index in [9.17, 15) is 4.79 Å². The summed E-state index contributed by atoms with van der Waals surface area (Å²) in [5, 5.41) is 3.94. The summed E-state index contributed by atoms with van der Waals surface area (Å²) in [6.45, 7) is 7.85. The number of ether oxygens (including phenoxy) is 1. The van der Waals surface area contributed by atoms with Gasteiger partial charge in [-0.1, -0.05) is 110 Å². The van der Waals surface area contributed by atoms with Crippen molar-refractivity contribution in [2.75, 3.05) is 5.32 Å². The highest BCUT2D eigenvalue weighted by molar-refractivity contribution is 5.71. The Morgan fingerprint density at radius 1 is 0.730 bits per heavy atom. The molecule has 0 bridgehead atoms. The minimum atomic E-state index is -0.602. The molecule has 4 rings (SSSR count). The predicted molar refractivity (Wildman–Crippen MR) is 153 cm³/mol. The molecule has 0 heterocycles. The van der Waals surface area contributed by atoms with Crippen molar-refractivity contribution in [3.8, 4) is 0 Å². The summed E-state index contributed by atoms with van der Waals surface area (Å²) < 4.78 is 5.62. The van der Waals surface area contributed by atoms with Crippen molar-refractivity contribution in [2.24, 2.45) is 0 Å². The first kappa shape index (κ1) is 26.2. The fraction of sp³-hybridized carbons (Fsp3) is 0.265. The van der Waals surface area contributed by atoms with Crippen molar-refractivity contribution in [3.63, 3.8) is 0 Å². The zero-order valence-corrected chi connectivity index (χ0v) is 22.3. The van der Waals surface area contributed by atoms with Gasteiger partial charge in [0.15, 0.2) is 0 Å². The van der Waals surface area contributed by atoms with Gasteiger partial charge in [0.1, 0.15) is 11.1 Å². The maximum Gasteiger partial charge on any atom is 0.306 e.